The molecule has 0 spiro atoms. The van der Waals surface area contributed by atoms with Crippen LogP contribution in [-0.4, -0.2) is 46.9 Å². The summed E-state index contributed by atoms with van der Waals surface area (Å²) in [5.41, 5.74) is 0. The highest BCUT2D eigenvalue weighted by molar-refractivity contribution is 4.95. The maximum Gasteiger partial charge on any atom is 0.0397 e. The number of nitrogens with zero attached hydrogens (tertiary/aromatic N) is 2. The van der Waals surface area contributed by atoms with E-state index in [2.05, 4.69) is 18.7 Å². The van der Waals surface area contributed by atoms with E-state index in [9.17, 15) is 5.21 Å². The maximum absolute atomic E-state index is 9.61. The molecule has 3 heteroatoms. The quantitative estimate of drug-likeness (QED) is 0.707. The van der Waals surface area contributed by atoms with E-state index in [0.717, 1.165) is 19.0 Å². The number of rotatable bonds is 7. The minimum Gasteiger partial charge on any atom is -0.314 e. The van der Waals surface area contributed by atoms with Crippen molar-refractivity contribution in [3.05, 3.63) is 0 Å². The van der Waals surface area contributed by atoms with Gasteiger partial charge in [-0.25, -0.2) is 0 Å². The van der Waals surface area contributed by atoms with E-state index >= 15 is 0 Å². The second kappa shape index (κ2) is 6.88. The van der Waals surface area contributed by atoms with Crippen LogP contribution in [0.15, 0.2) is 0 Å². The van der Waals surface area contributed by atoms with Gasteiger partial charge in [0.05, 0.1) is 0 Å². The predicted molar refractivity (Wildman–Crippen MR) is 74.8 cm³/mol. The predicted octanol–water partition coefficient (Wildman–Crippen LogP) is 3.13. The summed E-state index contributed by atoms with van der Waals surface area (Å²) in [6, 6.07) is 1.33. The lowest BCUT2D eigenvalue weighted by Gasteiger charge is -2.30. The Morgan fingerprint density at radius 3 is 2.72 bits per heavy atom. The highest BCUT2D eigenvalue weighted by atomic mass is 16.5. The third kappa shape index (κ3) is 3.46. The lowest BCUT2D eigenvalue weighted by molar-refractivity contribution is -0.0783. The standard InChI is InChI=1S/C15H30N2O/c1-3-4-5-6-7-8-13(2)17-10-9-14-11-16(18)12-15(14)17/h13-15,18H,3-12H2,1-2H3. The van der Waals surface area contributed by atoms with E-state index in [1.807, 2.05) is 0 Å². The van der Waals surface area contributed by atoms with E-state index < -0.39 is 0 Å². The molecule has 106 valence electrons. The summed E-state index contributed by atoms with van der Waals surface area (Å²) in [7, 11) is 0. The van der Waals surface area contributed by atoms with Crippen LogP contribution in [0.1, 0.15) is 58.8 Å². The first-order valence-electron chi connectivity index (χ1n) is 7.92. The molecule has 0 bridgehead atoms. The van der Waals surface area contributed by atoms with E-state index in [0.29, 0.717) is 12.1 Å². The fourth-order valence-corrected chi connectivity index (χ4v) is 3.73. The van der Waals surface area contributed by atoms with E-state index in [1.165, 1.54) is 56.6 Å². The third-order valence-electron chi connectivity index (χ3n) is 4.86. The van der Waals surface area contributed by atoms with Crippen LogP contribution in [-0.2, 0) is 0 Å². The van der Waals surface area contributed by atoms with E-state index in [1.54, 1.807) is 0 Å². The summed E-state index contributed by atoms with van der Waals surface area (Å²) in [5.74, 6) is 0.720. The lowest BCUT2D eigenvalue weighted by atomic mass is 10.0. The molecule has 0 radical (unpaired) electrons. The summed E-state index contributed by atoms with van der Waals surface area (Å²) in [4.78, 5) is 2.65. The molecular formula is C15H30N2O. The van der Waals surface area contributed by atoms with Gasteiger partial charge >= 0.3 is 0 Å². The highest BCUT2D eigenvalue weighted by Gasteiger charge is 2.42. The molecule has 0 aliphatic carbocycles. The smallest absolute Gasteiger partial charge is 0.0397 e. The molecule has 0 aromatic heterocycles. The van der Waals surface area contributed by atoms with Gasteiger partial charge < -0.3 is 5.21 Å². The van der Waals surface area contributed by atoms with Crippen molar-refractivity contribution in [1.29, 1.82) is 0 Å². The Kier molecular flexibility index (Phi) is 5.46. The van der Waals surface area contributed by atoms with Gasteiger partial charge in [-0.05, 0) is 32.2 Å². The van der Waals surface area contributed by atoms with Crippen molar-refractivity contribution >= 4 is 0 Å². The monoisotopic (exact) mass is 254 g/mol. The summed E-state index contributed by atoms with van der Waals surface area (Å²) in [6.45, 7) is 7.66. The van der Waals surface area contributed by atoms with Crippen LogP contribution in [0.25, 0.3) is 0 Å². The van der Waals surface area contributed by atoms with Gasteiger partial charge in [0.25, 0.3) is 0 Å². The minimum absolute atomic E-state index is 0.626. The number of hydrogen-bond acceptors (Lipinski definition) is 3. The van der Waals surface area contributed by atoms with Gasteiger partial charge in [0.1, 0.15) is 0 Å². The van der Waals surface area contributed by atoms with Crippen molar-refractivity contribution in [2.75, 3.05) is 19.6 Å². The Balaban J connectivity index is 1.68. The van der Waals surface area contributed by atoms with Crippen LogP contribution in [0.2, 0.25) is 0 Å². The summed E-state index contributed by atoms with van der Waals surface area (Å²) >= 11 is 0. The van der Waals surface area contributed by atoms with Gasteiger partial charge in [0.15, 0.2) is 0 Å². The van der Waals surface area contributed by atoms with Crippen LogP contribution in [0.4, 0.5) is 0 Å². The van der Waals surface area contributed by atoms with Gasteiger partial charge in [-0.2, -0.15) is 5.06 Å². The SMILES string of the molecule is CCCCCCCC(C)N1CCC2CN(O)CC21. The molecule has 18 heavy (non-hydrogen) atoms. The summed E-state index contributed by atoms with van der Waals surface area (Å²) in [5, 5.41) is 11.1. The van der Waals surface area contributed by atoms with Gasteiger partial charge in [-0.3, -0.25) is 4.90 Å². The van der Waals surface area contributed by atoms with Crippen LogP contribution in [0.3, 0.4) is 0 Å². The molecule has 3 atom stereocenters. The summed E-state index contributed by atoms with van der Waals surface area (Å²) in [6.07, 6.45) is 9.50. The van der Waals surface area contributed by atoms with Gasteiger partial charge in [-0.1, -0.05) is 39.0 Å². The molecular weight excluding hydrogens is 224 g/mol. The zero-order chi connectivity index (χ0) is 13.0. The zero-order valence-corrected chi connectivity index (χ0v) is 12.1. The average molecular weight is 254 g/mol. The van der Waals surface area contributed by atoms with Crippen molar-refractivity contribution in [2.24, 2.45) is 5.92 Å². The molecule has 2 aliphatic heterocycles. The number of likely N-dealkylation sites (tertiary alicyclic amines) is 1. The van der Waals surface area contributed by atoms with E-state index in [4.69, 9.17) is 0 Å². The molecule has 3 unspecified atom stereocenters. The molecule has 2 saturated heterocycles. The Morgan fingerprint density at radius 2 is 1.94 bits per heavy atom. The first-order chi connectivity index (χ1) is 8.72. The fourth-order valence-electron chi connectivity index (χ4n) is 3.73. The van der Waals surface area contributed by atoms with E-state index in [-0.39, 0.29) is 0 Å². The largest absolute Gasteiger partial charge is 0.314 e. The van der Waals surface area contributed by atoms with Crippen molar-refractivity contribution in [3.8, 4) is 0 Å². The molecule has 2 fully saturated rings. The van der Waals surface area contributed by atoms with Gasteiger partial charge in [0.2, 0.25) is 0 Å². The Labute approximate surface area is 112 Å². The van der Waals surface area contributed by atoms with Crippen LogP contribution >= 0.6 is 0 Å². The average Bonchev–Trinajstić information content (AvgIpc) is 2.87. The number of hydrogen-bond donors (Lipinski definition) is 1. The first kappa shape index (κ1) is 14.3. The van der Waals surface area contributed by atoms with Gasteiger partial charge in [0, 0.05) is 25.2 Å². The number of fused-ring (bicyclic) bond motifs is 1. The van der Waals surface area contributed by atoms with Crippen LogP contribution < -0.4 is 0 Å². The molecule has 2 aliphatic rings. The molecule has 2 heterocycles. The van der Waals surface area contributed by atoms with Crippen molar-refractivity contribution in [3.63, 3.8) is 0 Å². The van der Waals surface area contributed by atoms with Gasteiger partial charge in [-0.15, -0.1) is 0 Å². The highest BCUT2D eigenvalue weighted by Crippen LogP contribution is 2.32. The third-order valence-corrected chi connectivity index (χ3v) is 4.86. The minimum atomic E-state index is 0.626. The Bertz CT molecular complexity index is 247. The number of unbranched alkanes of at least 4 members (excludes halogenated alkanes) is 4. The van der Waals surface area contributed by atoms with Crippen molar-refractivity contribution in [2.45, 2.75) is 70.9 Å². The molecule has 1 N–H and O–H groups in total. The van der Waals surface area contributed by atoms with Crippen LogP contribution in [0, 0.1) is 5.92 Å². The molecule has 0 aromatic rings. The maximum atomic E-state index is 9.61. The molecule has 0 amide bonds. The summed E-state index contributed by atoms with van der Waals surface area (Å²) < 4.78 is 0. The Hall–Kier alpha value is -0.120. The van der Waals surface area contributed by atoms with Crippen LogP contribution in [0.5, 0.6) is 0 Å². The molecule has 3 nitrogen and oxygen atoms in total. The zero-order valence-electron chi connectivity index (χ0n) is 12.1. The number of hydroxylamine groups is 2. The Morgan fingerprint density at radius 1 is 1.17 bits per heavy atom. The molecule has 0 saturated carbocycles. The second-order valence-corrected chi connectivity index (χ2v) is 6.28. The first-order valence-corrected chi connectivity index (χ1v) is 7.92. The molecule has 2 rings (SSSR count). The normalized spacial score (nSPS) is 30.8. The fraction of sp³-hybridized carbons (Fsp3) is 1.00. The lowest BCUT2D eigenvalue weighted by Crippen LogP contribution is -2.40. The second-order valence-electron chi connectivity index (χ2n) is 6.28. The van der Waals surface area contributed by atoms with Crippen molar-refractivity contribution < 1.29 is 5.21 Å². The molecule has 0 aromatic carbocycles. The van der Waals surface area contributed by atoms with Crippen molar-refractivity contribution in [1.82, 2.24) is 9.96 Å². The topological polar surface area (TPSA) is 26.7 Å².